The van der Waals surface area contributed by atoms with Crippen LogP contribution in [0, 0.1) is 0 Å². The Morgan fingerprint density at radius 3 is 2.55 bits per heavy atom. The summed E-state index contributed by atoms with van der Waals surface area (Å²) in [5.41, 5.74) is 12.8. The third-order valence-corrected chi connectivity index (χ3v) is 9.69. The number of nitrogens with two attached hydrogens (primary N) is 1. The monoisotopic (exact) mass is 651 g/mol. The van der Waals surface area contributed by atoms with Crippen LogP contribution in [0.2, 0.25) is 0 Å². The van der Waals surface area contributed by atoms with Gasteiger partial charge in [-0.15, -0.1) is 0 Å². The van der Waals surface area contributed by atoms with E-state index in [-0.39, 0.29) is 0 Å². The number of anilines is 5. The first kappa shape index (κ1) is 30.6. The molecule has 242 valence electrons. The maximum absolute atomic E-state index is 6.36. The van der Waals surface area contributed by atoms with Gasteiger partial charge in [0.2, 0.25) is 5.95 Å². The molecule has 0 atom stereocenters. The summed E-state index contributed by atoms with van der Waals surface area (Å²) in [4.78, 5) is 31.2. The van der Waals surface area contributed by atoms with Crippen molar-refractivity contribution < 1.29 is 9.47 Å². The Morgan fingerprint density at radius 2 is 1.79 bits per heavy atom. The molecule has 2 aliphatic rings. The summed E-state index contributed by atoms with van der Waals surface area (Å²) < 4.78 is 12.6. The lowest BCUT2D eigenvalue weighted by molar-refractivity contribution is 0.172. The molecule has 0 saturated carbocycles. The quantitative estimate of drug-likeness (QED) is 0.140. The van der Waals surface area contributed by atoms with Crippen molar-refractivity contribution in [2.24, 2.45) is 10.7 Å². The summed E-state index contributed by atoms with van der Waals surface area (Å²) in [5.74, 6) is 2.32. The van der Waals surface area contributed by atoms with Gasteiger partial charge in [0.1, 0.15) is 24.7 Å². The maximum Gasteiger partial charge on any atom is 0.231 e. The fourth-order valence-corrected chi connectivity index (χ4v) is 7.32. The van der Waals surface area contributed by atoms with Gasteiger partial charge in [-0.1, -0.05) is 7.92 Å². The zero-order valence-electron chi connectivity index (χ0n) is 26.9. The second-order valence-corrected chi connectivity index (χ2v) is 13.9. The van der Waals surface area contributed by atoms with E-state index in [2.05, 4.69) is 60.8 Å². The third kappa shape index (κ3) is 5.88. The number of aromatic nitrogens is 5. The average molecular weight is 652 g/mol. The highest BCUT2D eigenvalue weighted by atomic mass is 31.1. The Morgan fingerprint density at radius 1 is 1.00 bits per heavy atom. The lowest BCUT2D eigenvalue weighted by Crippen LogP contribution is -2.45. The molecule has 7 rings (SSSR count). The van der Waals surface area contributed by atoms with Crippen molar-refractivity contribution in [1.82, 2.24) is 29.8 Å². The molecule has 0 unspecified atom stereocenters. The number of allylic oxidation sites excluding steroid dienone is 1. The molecule has 5 heterocycles. The Bertz CT molecular complexity index is 2000. The van der Waals surface area contributed by atoms with E-state index < -0.39 is 7.92 Å². The third-order valence-electron chi connectivity index (χ3n) is 8.34. The van der Waals surface area contributed by atoms with Crippen LogP contribution < -0.4 is 36.0 Å². The first-order valence-electron chi connectivity index (χ1n) is 15.5. The van der Waals surface area contributed by atoms with Crippen LogP contribution in [0.3, 0.4) is 0 Å². The van der Waals surface area contributed by atoms with Crippen molar-refractivity contribution >= 4 is 75.9 Å². The van der Waals surface area contributed by atoms with Crippen LogP contribution in [0.25, 0.3) is 27.6 Å². The number of aliphatic imine (C=N–C) groups is 1. The van der Waals surface area contributed by atoms with Gasteiger partial charge >= 0.3 is 0 Å². The zero-order valence-corrected chi connectivity index (χ0v) is 27.8. The highest BCUT2D eigenvalue weighted by Crippen LogP contribution is 2.50. The molecule has 1 saturated heterocycles. The van der Waals surface area contributed by atoms with E-state index in [1.807, 2.05) is 30.5 Å². The lowest BCUT2D eigenvalue weighted by atomic mass is 10.0. The molecule has 2 aliphatic heterocycles. The number of fused-ring (bicyclic) bond motifs is 3. The number of benzene rings is 2. The Hall–Kier alpha value is -5.00. The van der Waals surface area contributed by atoms with Gasteiger partial charge in [-0.2, -0.15) is 9.97 Å². The van der Waals surface area contributed by atoms with Gasteiger partial charge in [-0.05, 0) is 44.6 Å². The minimum atomic E-state index is -0.519. The predicted molar refractivity (Wildman–Crippen MR) is 192 cm³/mol. The van der Waals surface area contributed by atoms with Gasteiger partial charge in [-0.3, -0.25) is 15.0 Å². The number of nitrogens with zero attached hydrogens (tertiary/aromatic N) is 7. The van der Waals surface area contributed by atoms with E-state index in [1.54, 1.807) is 31.9 Å². The normalized spacial score (nSPS) is 15.7. The minimum absolute atomic E-state index is 0.386. The van der Waals surface area contributed by atoms with Crippen molar-refractivity contribution in [3.05, 3.63) is 54.6 Å². The smallest absolute Gasteiger partial charge is 0.231 e. The molecule has 47 heavy (non-hydrogen) atoms. The average Bonchev–Trinajstić information content (AvgIpc) is 3.56. The van der Waals surface area contributed by atoms with Crippen LogP contribution >= 0.6 is 7.92 Å². The van der Waals surface area contributed by atoms with E-state index in [9.17, 15) is 0 Å². The van der Waals surface area contributed by atoms with Crippen LogP contribution in [0.1, 0.15) is 5.56 Å². The summed E-state index contributed by atoms with van der Waals surface area (Å²) in [5, 5.41) is 9.05. The number of hydrogen-bond acceptors (Lipinski definition) is 12. The topological polar surface area (TPSA) is 155 Å². The van der Waals surface area contributed by atoms with Crippen LogP contribution in [0.5, 0.6) is 11.5 Å². The molecule has 13 nitrogen and oxygen atoms in total. The number of H-pyrrole nitrogens is 1. The predicted octanol–water partition coefficient (Wildman–Crippen LogP) is 4.28. The molecule has 0 bridgehead atoms. The second kappa shape index (κ2) is 13.0. The summed E-state index contributed by atoms with van der Waals surface area (Å²) in [6.07, 6.45) is 8.65. The van der Waals surface area contributed by atoms with E-state index in [0.717, 1.165) is 70.4 Å². The van der Waals surface area contributed by atoms with Crippen LogP contribution in [0.4, 0.5) is 28.8 Å². The Kier molecular flexibility index (Phi) is 8.48. The van der Waals surface area contributed by atoms with Gasteiger partial charge in [0.25, 0.3) is 0 Å². The summed E-state index contributed by atoms with van der Waals surface area (Å²) in [6, 6.07) is 8.02. The molecule has 1 fully saturated rings. The van der Waals surface area contributed by atoms with Crippen molar-refractivity contribution in [1.29, 1.82) is 0 Å². The van der Waals surface area contributed by atoms with Gasteiger partial charge in [0.05, 0.1) is 27.8 Å². The van der Waals surface area contributed by atoms with E-state index in [1.165, 1.54) is 0 Å². The standard InChI is InChI=1S/C33H38N11O2P/c1-35-19-20(18-34)22-17-25(28-29(46-16-15-45-28)27(22)44-13-11-43(2)12-14-44)40-33-41-31-21(7-8-38-31)32(42-33)39-24-6-5-23-26(30(24)47(3)4)37-10-9-36-23/h5-10,17-19H,11-16,34H2,1-4H3,(H3,38,39,40,41,42). The van der Waals surface area contributed by atoms with Crippen molar-refractivity contribution in [3.63, 3.8) is 0 Å². The number of ether oxygens (including phenoxy) is 2. The molecule has 0 radical (unpaired) electrons. The fourth-order valence-electron chi connectivity index (χ4n) is 6.11. The molecule has 0 spiro atoms. The lowest BCUT2D eigenvalue weighted by Gasteiger charge is -2.37. The number of nitrogens with one attached hydrogen (secondary N) is 3. The van der Waals surface area contributed by atoms with Gasteiger partial charge in [0, 0.05) is 86.4 Å². The molecule has 0 amide bonds. The Balaban J connectivity index is 1.33. The number of likely N-dealkylation sites (N-methyl/N-ethyl adjacent to an activating group) is 1. The number of piperazine rings is 1. The van der Waals surface area contributed by atoms with Crippen molar-refractivity contribution in [2.45, 2.75) is 0 Å². The number of rotatable bonds is 8. The molecular weight excluding hydrogens is 613 g/mol. The second-order valence-electron chi connectivity index (χ2n) is 11.6. The summed E-state index contributed by atoms with van der Waals surface area (Å²) >= 11 is 0. The molecule has 5 aromatic rings. The van der Waals surface area contributed by atoms with Gasteiger partial charge in [-0.25, -0.2) is 0 Å². The first-order chi connectivity index (χ1) is 22.9. The summed E-state index contributed by atoms with van der Waals surface area (Å²) in [7, 11) is 3.35. The van der Waals surface area contributed by atoms with E-state index in [0.29, 0.717) is 47.8 Å². The van der Waals surface area contributed by atoms with Crippen LogP contribution in [-0.2, 0) is 0 Å². The van der Waals surface area contributed by atoms with Crippen LogP contribution in [0.15, 0.2) is 54.0 Å². The van der Waals surface area contributed by atoms with E-state index >= 15 is 0 Å². The highest BCUT2D eigenvalue weighted by molar-refractivity contribution is 7.65. The molecular formula is C33H38N11O2P. The minimum Gasteiger partial charge on any atom is -0.484 e. The maximum atomic E-state index is 6.36. The highest BCUT2D eigenvalue weighted by Gasteiger charge is 2.30. The molecule has 5 N–H and O–H groups in total. The number of aromatic amines is 1. The first-order valence-corrected chi connectivity index (χ1v) is 17.7. The fraction of sp³-hybridized carbons (Fsp3) is 0.303. The Labute approximate surface area is 274 Å². The zero-order chi connectivity index (χ0) is 32.5. The SMILES string of the molecule is CN=CC(=CN)c1cc(Nc2nc(Nc3ccc4nccnc4c3P(C)C)c3cc[nH]c3n2)c2c(c1N1CCN(C)CC1)OCCO2. The molecule has 14 heteroatoms. The summed E-state index contributed by atoms with van der Waals surface area (Å²) in [6.45, 7) is 8.84. The van der Waals surface area contributed by atoms with E-state index in [4.69, 9.17) is 25.2 Å². The molecule has 2 aromatic carbocycles. The largest absolute Gasteiger partial charge is 0.484 e. The van der Waals surface area contributed by atoms with Crippen molar-refractivity contribution in [3.8, 4) is 11.5 Å². The van der Waals surface area contributed by atoms with Crippen LogP contribution in [-0.4, -0.2) is 103 Å². The van der Waals surface area contributed by atoms with Gasteiger partial charge in [0.15, 0.2) is 11.5 Å². The molecule has 3 aromatic heterocycles. The van der Waals surface area contributed by atoms with Crippen molar-refractivity contribution in [2.75, 3.05) is 82.4 Å². The number of hydrogen-bond donors (Lipinski definition) is 4. The van der Waals surface area contributed by atoms with Gasteiger partial charge < -0.3 is 40.6 Å². The molecule has 0 aliphatic carbocycles.